The number of benzene rings is 1. The molecule has 0 aliphatic rings. The van der Waals surface area contributed by atoms with Crippen LogP contribution < -0.4 is 5.32 Å². The summed E-state index contributed by atoms with van der Waals surface area (Å²) < 4.78 is 5.88. The second-order valence-corrected chi connectivity index (χ2v) is 4.05. The molecule has 0 aliphatic carbocycles. The van der Waals surface area contributed by atoms with Crippen LogP contribution in [0.25, 0.3) is 0 Å². The second-order valence-electron chi connectivity index (χ2n) is 4.05. The zero-order valence-electron chi connectivity index (χ0n) is 10.7. The first-order chi connectivity index (χ1) is 8.38. The maximum absolute atomic E-state index is 5.88. The van der Waals surface area contributed by atoms with Gasteiger partial charge in [-0.3, -0.25) is 0 Å². The van der Waals surface area contributed by atoms with Crippen molar-refractivity contribution in [3.8, 4) is 0 Å². The maximum atomic E-state index is 5.88. The van der Waals surface area contributed by atoms with E-state index in [1.807, 2.05) is 12.1 Å². The van der Waals surface area contributed by atoms with Gasteiger partial charge in [0, 0.05) is 6.54 Å². The molecule has 0 saturated heterocycles. The Kier molecular flexibility index (Phi) is 7.35. The Hall–Kier alpha value is -1.12. The van der Waals surface area contributed by atoms with Crippen molar-refractivity contribution in [2.45, 2.75) is 25.9 Å². The van der Waals surface area contributed by atoms with E-state index in [-0.39, 0.29) is 6.10 Å². The van der Waals surface area contributed by atoms with Crippen LogP contribution in [-0.2, 0) is 4.74 Å². The van der Waals surface area contributed by atoms with Crippen LogP contribution in [0.15, 0.2) is 43.0 Å². The molecule has 94 valence electrons. The van der Waals surface area contributed by atoms with Crippen molar-refractivity contribution < 1.29 is 4.74 Å². The Morgan fingerprint density at radius 1 is 1.35 bits per heavy atom. The van der Waals surface area contributed by atoms with Gasteiger partial charge in [0.1, 0.15) is 0 Å². The van der Waals surface area contributed by atoms with Crippen LogP contribution in [-0.4, -0.2) is 19.7 Å². The standard InChI is InChI=1S/C15H23NO/c1-3-5-12-17-15(13-16-11-4-2)14-9-7-6-8-10-14/h3,6-10,15-16H,1,4-5,11-13H2,2H3. The molecule has 1 atom stereocenters. The van der Waals surface area contributed by atoms with Crippen LogP contribution in [0.4, 0.5) is 0 Å². The third-order valence-electron chi connectivity index (χ3n) is 2.57. The summed E-state index contributed by atoms with van der Waals surface area (Å²) in [5.74, 6) is 0. The third-order valence-corrected chi connectivity index (χ3v) is 2.57. The van der Waals surface area contributed by atoms with Crippen molar-refractivity contribution in [2.24, 2.45) is 0 Å². The summed E-state index contributed by atoms with van der Waals surface area (Å²) in [4.78, 5) is 0. The van der Waals surface area contributed by atoms with Crippen molar-refractivity contribution in [3.05, 3.63) is 48.6 Å². The zero-order chi connectivity index (χ0) is 12.3. The van der Waals surface area contributed by atoms with Gasteiger partial charge in [-0.2, -0.15) is 0 Å². The minimum atomic E-state index is 0.141. The smallest absolute Gasteiger partial charge is 0.0949 e. The van der Waals surface area contributed by atoms with Crippen LogP contribution in [0.1, 0.15) is 31.4 Å². The Morgan fingerprint density at radius 2 is 2.12 bits per heavy atom. The molecule has 1 N–H and O–H groups in total. The van der Waals surface area contributed by atoms with Gasteiger partial charge in [-0.15, -0.1) is 6.58 Å². The van der Waals surface area contributed by atoms with E-state index in [9.17, 15) is 0 Å². The summed E-state index contributed by atoms with van der Waals surface area (Å²) in [6, 6.07) is 10.4. The number of hydrogen-bond acceptors (Lipinski definition) is 2. The fourth-order valence-corrected chi connectivity index (χ4v) is 1.64. The highest BCUT2D eigenvalue weighted by molar-refractivity contribution is 5.17. The number of nitrogens with one attached hydrogen (secondary N) is 1. The highest BCUT2D eigenvalue weighted by atomic mass is 16.5. The molecule has 0 amide bonds. The Bertz CT molecular complexity index is 297. The van der Waals surface area contributed by atoms with Crippen LogP contribution in [0.2, 0.25) is 0 Å². The van der Waals surface area contributed by atoms with E-state index < -0.39 is 0 Å². The monoisotopic (exact) mass is 233 g/mol. The highest BCUT2D eigenvalue weighted by Crippen LogP contribution is 2.16. The van der Waals surface area contributed by atoms with Crippen LogP contribution in [0.3, 0.4) is 0 Å². The van der Waals surface area contributed by atoms with Gasteiger partial charge in [0.05, 0.1) is 12.7 Å². The van der Waals surface area contributed by atoms with E-state index in [0.717, 1.165) is 32.5 Å². The summed E-state index contributed by atoms with van der Waals surface area (Å²) in [7, 11) is 0. The fourth-order valence-electron chi connectivity index (χ4n) is 1.64. The number of hydrogen-bond donors (Lipinski definition) is 1. The summed E-state index contributed by atoms with van der Waals surface area (Å²) in [6.45, 7) is 8.52. The van der Waals surface area contributed by atoms with Crippen molar-refractivity contribution >= 4 is 0 Å². The van der Waals surface area contributed by atoms with Gasteiger partial charge in [0.15, 0.2) is 0 Å². The quantitative estimate of drug-likeness (QED) is 0.522. The molecular weight excluding hydrogens is 210 g/mol. The van der Waals surface area contributed by atoms with Gasteiger partial charge >= 0.3 is 0 Å². The second kappa shape index (κ2) is 8.97. The molecule has 0 radical (unpaired) electrons. The lowest BCUT2D eigenvalue weighted by molar-refractivity contribution is 0.0559. The van der Waals surface area contributed by atoms with Crippen LogP contribution in [0.5, 0.6) is 0 Å². The SMILES string of the molecule is C=CCCOC(CNCCC)c1ccccc1. The van der Waals surface area contributed by atoms with Gasteiger partial charge in [-0.25, -0.2) is 0 Å². The molecule has 1 aromatic carbocycles. The van der Waals surface area contributed by atoms with Crippen molar-refractivity contribution in [1.82, 2.24) is 5.32 Å². The molecule has 2 nitrogen and oxygen atoms in total. The molecule has 0 aromatic heterocycles. The van der Waals surface area contributed by atoms with Gasteiger partial charge in [-0.05, 0) is 24.9 Å². The van der Waals surface area contributed by atoms with Gasteiger partial charge in [0.25, 0.3) is 0 Å². The highest BCUT2D eigenvalue weighted by Gasteiger charge is 2.10. The molecule has 0 heterocycles. The van der Waals surface area contributed by atoms with Crippen LogP contribution in [0, 0.1) is 0 Å². The van der Waals surface area contributed by atoms with E-state index in [1.165, 1.54) is 5.56 Å². The summed E-state index contributed by atoms with van der Waals surface area (Å²) in [5, 5.41) is 3.41. The van der Waals surface area contributed by atoms with Crippen molar-refractivity contribution in [2.75, 3.05) is 19.7 Å². The molecule has 0 bridgehead atoms. The van der Waals surface area contributed by atoms with Crippen molar-refractivity contribution in [3.63, 3.8) is 0 Å². The normalized spacial score (nSPS) is 12.3. The first-order valence-corrected chi connectivity index (χ1v) is 6.36. The summed E-state index contributed by atoms with van der Waals surface area (Å²) in [6.07, 6.45) is 4.08. The molecule has 0 saturated carbocycles. The lowest BCUT2D eigenvalue weighted by Crippen LogP contribution is -2.24. The number of ether oxygens (including phenoxy) is 1. The van der Waals surface area contributed by atoms with Gasteiger partial charge in [-0.1, -0.05) is 43.3 Å². The van der Waals surface area contributed by atoms with Gasteiger partial charge in [0.2, 0.25) is 0 Å². The molecule has 1 aromatic rings. The molecule has 1 rings (SSSR count). The third kappa shape index (κ3) is 5.66. The molecule has 1 unspecified atom stereocenters. The minimum absolute atomic E-state index is 0.141. The molecule has 0 fully saturated rings. The minimum Gasteiger partial charge on any atom is -0.372 e. The van der Waals surface area contributed by atoms with Crippen LogP contribution >= 0.6 is 0 Å². The largest absolute Gasteiger partial charge is 0.372 e. The fraction of sp³-hybridized carbons (Fsp3) is 0.467. The molecular formula is C15H23NO. The van der Waals surface area contributed by atoms with Crippen molar-refractivity contribution in [1.29, 1.82) is 0 Å². The van der Waals surface area contributed by atoms with E-state index in [1.54, 1.807) is 0 Å². The molecule has 17 heavy (non-hydrogen) atoms. The van der Waals surface area contributed by atoms with E-state index >= 15 is 0 Å². The predicted octanol–water partition coefficient (Wildman–Crippen LogP) is 3.32. The first-order valence-electron chi connectivity index (χ1n) is 6.36. The molecule has 2 heteroatoms. The molecule has 0 spiro atoms. The van der Waals surface area contributed by atoms with E-state index in [4.69, 9.17) is 4.74 Å². The Labute approximate surface area is 105 Å². The lowest BCUT2D eigenvalue weighted by Gasteiger charge is -2.18. The molecule has 0 aliphatic heterocycles. The Morgan fingerprint density at radius 3 is 2.76 bits per heavy atom. The number of rotatable bonds is 9. The first kappa shape index (κ1) is 13.9. The maximum Gasteiger partial charge on any atom is 0.0949 e. The summed E-state index contributed by atoms with van der Waals surface area (Å²) in [5.41, 5.74) is 1.24. The zero-order valence-corrected chi connectivity index (χ0v) is 10.7. The predicted molar refractivity (Wildman–Crippen MR) is 73.1 cm³/mol. The Balaban J connectivity index is 2.49. The lowest BCUT2D eigenvalue weighted by atomic mass is 10.1. The van der Waals surface area contributed by atoms with E-state index in [2.05, 4.69) is 43.1 Å². The average Bonchev–Trinajstić information content (AvgIpc) is 2.38. The average molecular weight is 233 g/mol. The van der Waals surface area contributed by atoms with Gasteiger partial charge < -0.3 is 10.1 Å². The summed E-state index contributed by atoms with van der Waals surface area (Å²) >= 11 is 0. The topological polar surface area (TPSA) is 21.3 Å². The van der Waals surface area contributed by atoms with E-state index in [0.29, 0.717) is 0 Å².